The molecule has 2 aromatic heterocycles. The Labute approximate surface area is 249 Å². The van der Waals surface area contributed by atoms with Gasteiger partial charge in [-0.1, -0.05) is 16.9 Å². The number of β-lactam (4-membered cyclic amide) rings is 1. The van der Waals surface area contributed by atoms with Gasteiger partial charge in [0, 0.05) is 22.4 Å². The number of hydrogen-bond donors (Lipinski definition) is 5. The van der Waals surface area contributed by atoms with Crippen molar-refractivity contribution in [3.8, 4) is 23.0 Å². The first kappa shape index (κ1) is 30.0. The molecule has 2 amide bonds. The van der Waals surface area contributed by atoms with Gasteiger partial charge in [0.15, 0.2) is 22.3 Å². The van der Waals surface area contributed by atoms with Crippen LogP contribution in [0.25, 0.3) is 11.5 Å². The first-order chi connectivity index (χ1) is 19.2. The van der Waals surface area contributed by atoms with Gasteiger partial charge < -0.3 is 35.6 Å². The number of nitrogens with one attached hydrogen (secondary N) is 1. The summed E-state index contributed by atoms with van der Waals surface area (Å²) in [5.74, 6) is -2.74. The van der Waals surface area contributed by atoms with E-state index in [-0.39, 0.29) is 68.8 Å². The number of aliphatic carboxylic acids is 1. The molecule has 4 heterocycles. The third-order valence-electron chi connectivity index (χ3n) is 5.70. The predicted octanol–water partition coefficient (Wildman–Crippen LogP) is 1.49. The number of amides is 2. The fourth-order valence-electron chi connectivity index (χ4n) is 3.89. The predicted molar refractivity (Wildman–Crippen MR) is 151 cm³/mol. The van der Waals surface area contributed by atoms with E-state index in [1.165, 1.54) is 42.5 Å². The Kier molecular flexibility index (Phi) is 8.95. The van der Waals surface area contributed by atoms with Crippen LogP contribution in [0.4, 0.5) is 5.13 Å². The van der Waals surface area contributed by atoms with E-state index in [0.717, 1.165) is 28.0 Å². The zero-order valence-corrected chi connectivity index (χ0v) is 24.0. The molecular formula is C22H20ClN7O8S3. The van der Waals surface area contributed by atoms with E-state index < -0.39 is 29.2 Å². The molecule has 2 atom stereocenters. The molecule has 0 radical (unpaired) electrons. The molecule has 5 rings (SSSR count). The number of carboxylic acids is 1. The molecule has 216 valence electrons. The number of nitrogens with two attached hydrogens (primary N) is 1. The van der Waals surface area contributed by atoms with Gasteiger partial charge in [0.2, 0.25) is 5.89 Å². The van der Waals surface area contributed by atoms with Crippen LogP contribution in [0.15, 0.2) is 49.6 Å². The number of halogens is 1. The summed E-state index contributed by atoms with van der Waals surface area (Å²) in [5, 5.41) is 44.4. The molecule has 3 aromatic rings. The average molecular weight is 642 g/mol. The minimum atomic E-state index is -1.29. The smallest absolute Gasteiger partial charge is 0.352 e. The second-order valence-electron chi connectivity index (χ2n) is 8.18. The number of hydrogen-bond acceptors (Lipinski definition) is 15. The Morgan fingerprint density at radius 3 is 2.76 bits per heavy atom. The lowest BCUT2D eigenvalue weighted by Gasteiger charge is -2.49. The molecule has 2 aliphatic heterocycles. The molecule has 6 N–H and O–H groups in total. The molecule has 0 spiro atoms. The van der Waals surface area contributed by atoms with Crippen LogP contribution in [-0.2, 0) is 19.2 Å². The highest BCUT2D eigenvalue weighted by atomic mass is 35.5. The lowest BCUT2D eigenvalue weighted by Crippen LogP contribution is -2.71. The number of nitrogen functional groups attached to an aromatic ring is 1. The number of thioether (sulfide) groups is 2. The van der Waals surface area contributed by atoms with Crippen LogP contribution < -0.4 is 11.1 Å². The maximum atomic E-state index is 13.0. The number of aromatic nitrogens is 3. The molecule has 1 fully saturated rings. The largest absolute Gasteiger partial charge is 0.504 e. The number of phenols is 2. The van der Waals surface area contributed by atoms with E-state index in [9.17, 15) is 29.7 Å². The average Bonchev–Trinajstić information content (AvgIpc) is 3.59. The first-order valence-electron chi connectivity index (χ1n) is 11.2. The van der Waals surface area contributed by atoms with Crippen LogP contribution in [0.2, 0.25) is 0 Å². The van der Waals surface area contributed by atoms with Crippen LogP contribution in [-0.4, -0.2) is 88.9 Å². The Hall–Kier alpha value is -4.00. The van der Waals surface area contributed by atoms with Gasteiger partial charge in [-0.15, -0.1) is 45.7 Å². The van der Waals surface area contributed by atoms with Crippen LogP contribution in [0.3, 0.4) is 0 Å². The van der Waals surface area contributed by atoms with Crippen LogP contribution in [0.5, 0.6) is 11.5 Å². The lowest BCUT2D eigenvalue weighted by atomic mass is 10.0. The third-order valence-corrected chi connectivity index (χ3v) is 8.62. The van der Waals surface area contributed by atoms with E-state index in [4.69, 9.17) is 15.0 Å². The summed E-state index contributed by atoms with van der Waals surface area (Å²) >= 11 is 3.48. The number of aromatic hydroxyl groups is 2. The van der Waals surface area contributed by atoms with Gasteiger partial charge in [0.1, 0.15) is 29.9 Å². The van der Waals surface area contributed by atoms with E-state index in [0.29, 0.717) is 11.1 Å². The van der Waals surface area contributed by atoms with Gasteiger partial charge >= 0.3 is 5.97 Å². The van der Waals surface area contributed by atoms with Gasteiger partial charge in [0.05, 0.1) is 0 Å². The van der Waals surface area contributed by atoms with E-state index >= 15 is 0 Å². The van der Waals surface area contributed by atoms with E-state index in [1.807, 2.05) is 0 Å². The quantitative estimate of drug-likeness (QED) is 0.0733. The minimum Gasteiger partial charge on any atom is -0.504 e. The van der Waals surface area contributed by atoms with Crippen LogP contribution in [0, 0.1) is 0 Å². The van der Waals surface area contributed by atoms with E-state index in [1.54, 1.807) is 0 Å². The Balaban J connectivity index is 0.00000387. The number of carbonyl (C=O) groups is 3. The number of thiazole rings is 1. The van der Waals surface area contributed by atoms with Crippen molar-refractivity contribution in [2.75, 3.05) is 24.3 Å². The van der Waals surface area contributed by atoms with Crippen molar-refractivity contribution in [1.29, 1.82) is 0 Å². The Morgan fingerprint density at radius 2 is 2.10 bits per heavy atom. The van der Waals surface area contributed by atoms with Gasteiger partial charge in [-0.25, -0.2) is 9.78 Å². The number of oxime groups is 1. The normalized spacial score (nSPS) is 18.3. The van der Waals surface area contributed by atoms with Crippen LogP contribution in [0.1, 0.15) is 5.69 Å². The molecule has 0 bridgehead atoms. The van der Waals surface area contributed by atoms with Crippen molar-refractivity contribution in [2.24, 2.45) is 5.16 Å². The molecule has 0 saturated carbocycles. The number of phenolic OH excluding ortho intramolecular Hbond substituents is 2. The Bertz CT molecular complexity index is 1580. The molecule has 1 aromatic carbocycles. The first-order valence-corrected chi connectivity index (χ1v) is 14.1. The highest BCUT2D eigenvalue weighted by molar-refractivity contribution is 8.01. The van der Waals surface area contributed by atoms with Crippen LogP contribution >= 0.6 is 47.3 Å². The Morgan fingerprint density at radius 1 is 1.32 bits per heavy atom. The summed E-state index contributed by atoms with van der Waals surface area (Å²) < 4.78 is 5.58. The number of carbonyl (C=O) groups excluding carboxylic acids is 2. The number of anilines is 1. The topological polar surface area (TPSA) is 227 Å². The summed E-state index contributed by atoms with van der Waals surface area (Å²) in [6, 6.07) is 3.04. The maximum absolute atomic E-state index is 13.0. The molecule has 1 saturated heterocycles. The summed E-state index contributed by atoms with van der Waals surface area (Å²) in [5.41, 5.74) is 6.31. The lowest BCUT2D eigenvalue weighted by molar-refractivity contribution is -0.150. The molecule has 15 nitrogen and oxygen atoms in total. The van der Waals surface area contributed by atoms with Crippen molar-refractivity contribution in [3.63, 3.8) is 0 Å². The zero-order chi connectivity index (χ0) is 28.6. The molecular weight excluding hydrogens is 622 g/mol. The highest BCUT2D eigenvalue weighted by Gasteiger charge is 2.54. The SMILES string of the molecule is CON=C(C(=O)N[C@@H]1C(=O)N2C(C(=O)O)=C(CSc3nnc(-c4ccc(O)c(O)c4)o3)CS[C@@H]12)c1csc(N)n1.Cl. The van der Waals surface area contributed by atoms with Gasteiger partial charge in [-0.3, -0.25) is 14.5 Å². The monoisotopic (exact) mass is 641 g/mol. The summed E-state index contributed by atoms with van der Waals surface area (Å²) in [4.78, 5) is 48.0. The number of nitrogens with zero attached hydrogens (tertiary/aromatic N) is 5. The number of carboxylic acid groups (broad SMARTS) is 1. The maximum Gasteiger partial charge on any atom is 0.352 e. The zero-order valence-electron chi connectivity index (χ0n) is 20.7. The number of benzene rings is 1. The second kappa shape index (κ2) is 12.2. The van der Waals surface area contributed by atoms with Crippen molar-refractivity contribution in [1.82, 2.24) is 25.4 Å². The van der Waals surface area contributed by atoms with Crippen molar-refractivity contribution in [2.45, 2.75) is 16.6 Å². The number of rotatable bonds is 9. The third kappa shape index (κ3) is 5.90. The molecule has 0 aliphatic carbocycles. The second-order valence-corrected chi connectivity index (χ2v) is 11.1. The summed E-state index contributed by atoms with van der Waals surface area (Å²) in [7, 11) is 1.26. The fraction of sp³-hybridized carbons (Fsp3) is 0.227. The summed E-state index contributed by atoms with van der Waals surface area (Å²) in [6.45, 7) is 0. The molecule has 0 unspecified atom stereocenters. The fourth-order valence-corrected chi connectivity index (χ4v) is 6.68. The van der Waals surface area contributed by atoms with Crippen molar-refractivity contribution in [3.05, 3.63) is 40.5 Å². The summed E-state index contributed by atoms with van der Waals surface area (Å²) in [6.07, 6.45) is 0. The standard InChI is InChI=1S/C22H19N7O8S3.ClH/c1-36-28-13(10-7-39-21(23)24-10)16(32)25-14-18(33)29-15(20(34)35)9(5-38-19(14)29)6-40-22-27-26-17(37-22)8-2-3-11(30)12(31)4-8;/h2-4,7,14,19,30-31H,5-6H2,1H3,(H2,23,24)(H,25,32)(H,34,35);1H/t14-,19+;/m1./s1. The molecule has 19 heteroatoms. The molecule has 41 heavy (non-hydrogen) atoms. The molecule has 2 aliphatic rings. The van der Waals surface area contributed by atoms with Crippen molar-refractivity contribution < 1.29 is 39.0 Å². The van der Waals surface area contributed by atoms with Gasteiger partial charge in [-0.2, -0.15) is 0 Å². The number of fused-ring (bicyclic) bond motifs is 1. The highest BCUT2D eigenvalue weighted by Crippen LogP contribution is 2.42. The van der Waals surface area contributed by atoms with Crippen molar-refractivity contribution >= 4 is 75.9 Å². The minimum absolute atomic E-state index is 0. The van der Waals surface area contributed by atoms with Gasteiger partial charge in [-0.05, 0) is 23.8 Å². The van der Waals surface area contributed by atoms with Gasteiger partial charge in [0.25, 0.3) is 17.0 Å². The van der Waals surface area contributed by atoms with E-state index in [2.05, 4.69) is 25.7 Å².